The van der Waals surface area contributed by atoms with Crippen LogP contribution < -0.4 is 0 Å². The maximum atomic E-state index is 11.3. The molecular weight excluding hydrogens is 226 g/mol. The average Bonchev–Trinajstić information content (AvgIpc) is 2.91. The summed E-state index contributed by atoms with van der Waals surface area (Å²) in [5.74, 6) is -0.881. The molecule has 0 aliphatic heterocycles. The van der Waals surface area contributed by atoms with Crippen molar-refractivity contribution in [2.75, 3.05) is 0 Å². The molecule has 1 saturated carbocycles. The Morgan fingerprint density at radius 3 is 2.78 bits per heavy atom. The van der Waals surface area contributed by atoms with E-state index in [4.69, 9.17) is 0 Å². The SMILES string of the molecule is CC1(C)C(C(=O)O)C1c1cccc2cnccc12. The molecule has 3 nitrogen and oxygen atoms in total. The lowest BCUT2D eigenvalue weighted by molar-refractivity contribution is -0.139. The van der Waals surface area contributed by atoms with Crippen LogP contribution in [0.25, 0.3) is 10.8 Å². The van der Waals surface area contributed by atoms with Crippen molar-refractivity contribution in [2.45, 2.75) is 19.8 Å². The molecule has 0 saturated heterocycles. The molecule has 92 valence electrons. The number of benzene rings is 1. The molecule has 0 bridgehead atoms. The third kappa shape index (κ3) is 1.43. The lowest BCUT2D eigenvalue weighted by Crippen LogP contribution is -2.03. The van der Waals surface area contributed by atoms with E-state index in [-0.39, 0.29) is 17.3 Å². The molecular formula is C15H15NO2. The average molecular weight is 241 g/mol. The van der Waals surface area contributed by atoms with Gasteiger partial charge in [0.1, 0.15) is 0 Å². The Hall–Kier alpha value is -1.90. The Kier molecular flexibility index (Phi) is 2.21. The number of carbonyl (C=O) groups is 1. The first-order chi connectivity index (χ1) is 8.53. The van der Waals surface area contributed by atoms with Gasteiger partial charge in [-0.25, -0.2) is 0 Å². The Morgan fingerprint density at radius 1 is 1.33 bits per heavy atom. The van der Waals surface area contributed by atoms with E-state index in [9.17, 15) is 9.90 Å². The van der Waals surface area contributed by atoms with E-state index >= 15 is 0 Å². The van der Waals surface area contributed by atoms with Crippen LogP contribution >= 0.6 is 0 Å². The first-order valence-electron chi connectivity index (χ1n) is 6.09. The van der Waals surface area contributed by atoms with Gasteiger partial charge in [-0.3, -0.25) is 9.78 Å². The summed E-state index contributed by atoms with van der Waals surface area (Å²) < 4.78 is 0. The third-order valence-corrected chi connectivity index (χ3v) is 4.14. The number of aliphatic carboxylic acids is 1. The van der Waals surface area contributed by atoms with Crippen molar-refractivity contribution in [2.24, 2.45) is 11.3 Å². The topological polar surface area (TPSA) is 50.2 Å². The Labute approximate surface area is 105 Å². The molecule has 1 aliphatic rings. The van der Waals surface area contributed by atoms with Gasteiger partial charge in [0.25, 0.3) is 0 Å². The third-order valence-electron chi connectivity index (χ3n) is 4.14. The van der Waals surface area contributed by atoms with Gasteiger partial charge in [0, 0.05) is 23.7 Å². The fourth-order valence-corrected chi connectivity index (χ4v) is 3.10. The molecule has 18 heavy (non-hydrogen) atoms. The summed E-state index contributed by atoms with van der Waals surface area (Å²) >= 11 is 0. The summed E-state index contributed by atoms with van der Waals surface area (Å²) in [7, 11) is 0. The van der Waals surface area contributed by atoms with Crippen molar-refractivity contribution >= 4 is 16.7 Å². The number of hydrogen-bond acceptors (Lipinski definition) is 2. The molecule has 3 heteroatoms. The molecule has 1 aliphatic carbocycles. The molecule has 2 aromatic rings. The predicted molar refractivity (Wildman–Crippen MR) is 69.4 cm³/mol. The monoisotopic (exact) mass is 241 g/mol. The minimum absolute atomic E-state index is 0.0982. The summed E-state index contributed by atoms with van der Waals surface area (Å²) in [6.45, 7) is 4.05. The van der Waals surface area contributed by atoms with Crippen LogP contribution in [0.1, 0.15) is 25.3 Å². The summed E-state index contributed by atoms with van der Waals surface area (Å²) in [6.07, 6.45) is 3.58. The highest BCUT2D eigenvalue weighted by Gasteiger charge is 2.62. The molecule has 2 unspecified atom stereocenters. The van der Waals surface area contributed by atoms with E-state index in [0.717, 1.165) is 16.3 Å². The summed E-state index contributed by atoms with van der Waals surface area (Å²) in [5.41, 5.74) is 0.968. The van der Waals surface area contributed by atoms with E-state index in [1.807, 2.05) is 44.3 Å². The van der Waals surface area contributed by atoms with Crippen LogP contribution in [0.2, 0.25) is 0 Å². The largest absolute Gasteiger partial charge is 0.481 e. The molecule has 2 atom stereocenters. The molecule has 0 amide bonds. The van der Waals surface area contributed by atoms with E-state index in [1.54, 1.807) is 6.20 Å². The highest BCUT2D eigenvalue weighted by Crippen LogP contribution is 2.65. The molecule has 1 fully saturated rings. The van der Waals surface area contributed by atoms with Crippen LogP contribution in [0, 0.1) is 11.3 Å². The maximum Gasteiger partial charge on any atom is 0.307 e. The van der Waals surface area contributed by atoms with Gasteiger partial charge >= 0.3 is 5.97 Å². The number of rotatable bonds is 2. The van der Waals surface area contributed by atoms with E-state index in [2.05, 4.69) is 4.98 Å². The molecule has 0 radical (unpaired) electrons. The summed E-state index contributed by atoms with van der Waals surface area (Å²) in [6, 6.07) is 8.00. The van der Waals surface area contributed by atoms with Crippen LogP contribution in [-0.2, 0) is 4.79 Å². The number of hydrogen-bond donors (Lipinski definition) is 1. The van der Waals surface area contributed by atoms with Gasteiger partial charge in [0.2, 0.25) is 0 Å². The second kappa shape index (κ2) is 3.55. The molecule has 0 spiro atoms. The van der Waals surface area contributed by atoms with Gasteiger partial charge in [-0.1, -0.05) is 32.0 Å². The quantitative estimate of drug-likeness (QED) is 0.879. The molecule has 1 heterocycles. The number of aromatic nitrogens is 1. The van der Waals surface area contributed by atoms with Gasteiger partial charge in [-0.15, -0.1) is 0 Å². The Bertz CT molecular complexity index is 628. The van der Waals surface area contributed by atoms with Gasteiger partial charge in [-0.2, -0.15) is 0 Å². The van der Waals surface area contributed by atoms with Crippen LogP contribution in [0.3, 0.4) is 0 Å². The Morgan fingerprint density at radius 2 is 2.11 bits per heavy atom. The van der Waals surface area contributed by atoms with Crippen LogP contribution in [0.15, 0.2) is 36.7 Å². The number of carboxylic acid groups (broad SMARTS) is 1. The van der Waals surface area contributed by atoms with Crippen molar-refractivity contribution < 1.29 is 9.90 Å². The molecule has 1 aromatic carbocycles. The number of pyridine rings is 1. The summed E-state index contributed by atoms with van der Waals surface area (Å²) in [5, 5.41) is 11.5. The molecule has 3 rings (SSSR count). The lowest BCUT2D eigenvalue weighted by atomic mass is 9.98. The summed E-state index contributed by atoms with van der Waals surface area (Å²) in [4.78, 5) is 15.4. The first kappa shape index (κ1) is 11.2. The van der Waals surface area contributed by atoms with Crippen LogP contribution in [0.5, 0.6) is 0 Å². The molecule has 1 aromatic heterocycles. The van der Waals surface area contributed by atoms with Crippen molar-refractivity contribution in [3.8, 4) is 0 Å². The van der Waals surface area contributed by atoms with E-state index in [0.29, 0.717) is 0 Å². The smallest absolute Gasteiger partial charge is 0.307 e. The normalized spacial score (nSPS) is 25.0. The van der Waals surface area contributed by atoms with E-state index < -0.39 is 5.97 Å². The van der Waals surface area contributed by atoms with E-state index in [1.165, 1.54) is 0 Å². The number of nitrogens with zero attached hydrogens (tertiary/aromatic N) is 1. The van der Waals surface area contributed by atoms with Crippen molar-refractivity contribution in [3.05, 3.63) is 42.2 Å². The van der Waals surface area contributed by atoms with Gasteiger partial charge in [0.15, 0.2) is 0 Å². The van der Waals surface area contributed by atoms with Gasteiger partial charge in [0.05, 0.1) is 5.92 Å². The standard InChI is InChI=1S/C15H15NO2/c1-15(2)12(13(15)14(17)18)11-5-3-4-9-8-16-7-6-10(9)11/h3-8,12-13H,1-2H3,(H,17,18). The van der Waals surface area contributed by atoms with Crippen LogP contribution in [-0.4, -0.2) is 16.1 Å². The van der Waals surface area contributed by atoms with Crippen molar-refractivity contribution in [3.63, 3.8) is 0 Å². The minimum atomic E-state index is -0.698. The highest BCUT2D eigenvalue weighted by molar-refractivity contribution is 5.88. The zero-order valence-corrected chi connectivity index (χ0v) is 10.4. The van der Waals surface area contributed by atoms with Gasteiger partial charge in [-0.05, 0) is 22.4 Å². The second-order valence-corrected chi connectivity index (χ2v) is 5.56. The predicted octanol–water partition coefficient (Wildman–Crippen LogP) is 3.06. The molecule has 1 N–H and O–H groups in total. The minimum Gasteiger partial charge on any atom is -0.481 e. The van der Waals surface area contributed by atoms with Crippen molar-refractivity contribution in [1.29, 1.82) is 0 Å². The number of fused-ring (bicyclic) bond motifs is 1. The zero-order chi connectivity index (χ0) is 12.9. The second-order valence-electron chi connectivity index (χ2n) is 5.56. The lowest BCUT2D eigenvalue weighted by Gasteiger charge is -2.07. The van der Waals surface area contributed by atoms with Gasteiger partial charge < -0.3 is 5.11 Å². The maximum absolute atomic E-state index is 11.3. The van der Waals surface area contributed by atoms with Crippen molar-refractivity contribution in [1.82, 2.24) is 4.98 Å². The fourth-order valence-electron chi connectivity index (χ4n) is 3.10. The first-order valence-corrected chi connectivity index (χ1v) is 6.09. The van der Waals surface area contributed by atoms with Crippen LogP contribution in [0.4, 0.5) is 0 Å². The number of carboxylic acids is 1. The zero-order valence-electron chi connectivity index (χ0n) is 10.4. The Balaban J connectivity index is 2.14. The highest BCUT2D eigenvalue weighted by atomic mass is 16.4. The fraction of sp³-hybridized carbons (Fsp3) is 0.333.